The van der Waals surface area contributed by atoms with Gasteiger partial charge in [-0.25, -0.2) is 14.8 Å². The quantitative estimate of drug-likeness (QED) is 0.786. The molecule has 106 valence electrons. The molecule has 1 aliphatic carbocycles. The lowest BCUT2D eigenvalue weighted by atomic mass is 9.91. The second kappa shape index (κ2) is 6.39. The molecule has 2 rings (SSSR count). The van der Waals surface area contributed by atoms with E-state index in [4.69, 9.17) is 22.0 Å². The van der Waals surface area contributed by atoms with Gasteiger partial charge in [-0.05, 0) is 25.7 Å². The number of hydrogen-bond donors (Lipinski definition) is 3. The van der Waals surface area contributed by atoms with Gasteiger partial charge in [-0.15, -0.1) is 0 Å². The molecule has 0 unspecified atom stereocenters. The van der Waals surface area contributed by atoms with Crippen molar-refractivity contribution in [2.24, 2.45) is 0 Å². The van der Waals surface area contributed by atoms with Crippen LogP contribution in [0.1, 0.15) is 31.4 Å². The Kier molecular flexibility index (Phi) is 4.58. The fourth-order valence-corrected chi connectivity index (χ4v) is 2.46. The number of nitriles is 1. The van der Waals surface area contributed by atoms with Crippen LogP contribution in [-0.2, 0) is 0 Å². The largest absolute Gasteiger partial charge is 0.465 e. The molecule has 1 aromatic heterocycles. The zero-order valence-electron chi connectivity index (χ0n) is 10.6. The summed E-state index contributed by atoms with van der Waals surface area (Å²) in [7, 11) is 0. The Labute approximate surface area is 121 Å². The van der Waals surface area contributed by atoms with Crippen LogP contribution in [0.25, 0.3) is 0 Å². The average molecular weight is 296 g/mol. The molecule has 0 spiro atoms. The Morgan fingerprint density at radius 3 is 2.60 bits per heavy atom. The molecule has 0 bridgehead atoms. The molecule has 0 radical (unpaired) electrons. The summed E-state index contributed by atoms with van der Waals surface area (Å²) in [5, 5.41) is 23.2. The first kappa shape index (κ1) is 14.3. The molecule has 8 heteroatoms. The fraction of sp³-hybridized carbons (Fsp3) is 0.500. The van der Waals surface area contributed by atoms with Gasteiger partial charge in [0.1, 0.15) is 11.9 Å². The molecule has 1 heterocycles. The van der Waals surface area contributed by atoms with Crippen molar-refractivity contribution in [3.8, 4) is 6.07 Å². The van der Waals surface area contributed by atoms with E-state index in [9.17, 15) is 4.79 Å². The van der Waals surface area contributed by atoms with Crippen LogP contribution >= 0.6 is 11.6 Å². The van der Waals surface area contributed by atoms with E-state index in [1.807, 2.05) is 6.07 Å². The van der Waals surface area contributed by atoms with Gasteiger partial charge in [0, 0.05) is 12.1 Å². The van der Waals surface area contributed by atoms with Crippen LogP contribution in [0, 0.1) is 11.3 Å². The van der Waals surface area contributed by atoms with Crippen LogP contribution in [0.3, 0.4) is 0 Å². The number of nitrogens with one attached hydrogen (secondary N) is 2. The van der Waals surface area contributed by atoms with E-state index in [1.54, 1.807) is 0 Å². The molecule has 1 saturated carbocycles. The predicted octanol–water partition coefficient (Wildman–Crippen LogP) is 1.99. The van der Waals surface area contributed by atoms with Gasteiger partial charge < -0.3 is 15.7 Å². The minimum Gasteiger partial charge on any atom is -0.465 e. The maximum absolute atomic E-state index is 10.6. The molecule has 1 amide bonds. The molecule has 0 atom stereocenters. The summed E-state index contributed by atoms with van der Waals surface area (Å²) in [5.41, 5.74) is 0.103. The highest BCUT2D eigenvalue weighted by Crippen LogP contribution is 2.22. The molecule has 0 saturated heterocycles. The van der Waals surface area contributed by atoms with E-state index in [0.717, 1.165) is 25.7 Å². The van der Waals surface area contributed by atoms with E-state index in [-0.39, 0.29) is 22.9 Å². The third-order valence-corrected chi connectivity index (χ3v) is 3.51. The number of nitrogens with zero attached hydrogens (tertiary/aromatic N) is 3. The second-order valence-electron chi connectivity index (χ2n) is 4.65. The first-order chi connectivity index (χ1) is 9.58. The Hall–Kier alpha value is -2.07. The van der Waals surface area contributed by atoms with Crippen molar-refractivity contribution in [3.63, 3.8) is 0 Å². The zero-order chi connectivity index (χ0) is 14.5. The van der Waals surface area contributed by atoms with Crippen LogP contribution in [0.5, 0.6) is 0 Å². The van der Waals surface area contributed by atoms with Crippen LogP contribution in [0.2, 0.25) is 5.15 Å². The summed E-state index contributed by atoms with van der Waals surface area (Å²) in [6.45, 7) is 0. The van der Waals surface area contributed by atoms with Crippen molar-refractivity contribution in [2.45, 2.75) is 37.8 Å². The molecule has 20 heavy (non-hydrogen) atoms. The van der Waals surface area contributed by atoms with Gasteiger partial charge in [0.15, 0.2) is 10.8 Å². The highest BCUT2D eigenvalue weighted by molar-refractivity contribution is 6.30. The Balaban J connectivity index is 1.88. The maximum Gasteiger partial charge on any atom is 0.404 e. The number of rotatable bonds is 3. The standard InChI is InChI=1S/C12H14ClN5O2/c13-11-9(5-14)15-6-10(18-11)16-7-1-3-8(4-2-7)17-12(19)20/h6-8,17H,1-4H2,(H,16,18)(H,19,20). The number of hydrogen-bond acceptors (Lipinski definition) is 5. The molecule has 3 N–H and O–H groups in total. The van der Waals surface area contributed by atoms with Gasteiger partial charge in [0.2, 0.25) is 0 Å². The van der Waals surface area contributed by atoms with E-state index < -0.39 is 6.09 Å². The molecular formula is C12H14ClN5O2. The summed E-state index contributed by atoms with van der Waals surface area (Å²) >= 11 is 5.82. The fourth-order valence-electron chi connectivity index (χ4n) is 2.28. The smallest absolute Gasteiger partial charge is 0.404 e. The summed E-state index contributed by atoms with van der Waals surface area (Å²) in [6, 6.07) is 2.08. The number of amides is 1. The molecule has 1 aromatic rings. The first-order valence-electron chi connectivity index (χ1n) is 6.27. The minimum atomic E-state index is -0.980. The van der Waals surface area contributed by atoms with Gasteiger partial charge >= 0.3 is 6.09 Å². The second-order valence-corrected chi connectivity index (χ2v) is 5.01. The van der Waals surface area contributed by atoms with E-state index in [2.05, 4.69) is 20.6 Å². The molecule has 0 aliphatic heterocycles. The zero-order valence-corrected chi connectivity index (χ0v) is 11.4. The summed E-state index contributed by atoms with van der Waals surface area (Å²) < 4.78 is 0. The average Bonchev–Trinajstić information content (AvgIpc) is 2.41. The maximum atomic E-state index is 10.6. The van der Waals surface area contributed by atoms with Gasteiger partial charge in [-0.3, -0.25) is 0 Å². The first-order valence-corrected chi connectivity index (χ1v) is 6.65. The summed E-state index contributed by atoms with van der Waals surface area (Å²) in [5.74, 6) is 0.531. The van der Waals surface area contributed by atoms with Crippen molar-refractivity contribution in [3.05, 3.63) is 17.0 Å². The summed E-state index contributed by atoms with van der Waals surface area (Å²) in [6.07, 6.45) is 3.73. The lowest BCUT2D eigenvalue weighted by Gasteiger charge is -2.29. The normalized spacial score (nSPS) is 21.8. The molecule has 0 aromatic carbocycles. The highest BCUT2D eigenvalue weighted by atomic mass is 35.5. The van der Waals surface area contributed by atoms with E-state index >= 15 is 0 Å². The van der Waals surface area contributed by atoms with Crippen molar-refractivity contribution >= 4 is 23.5 Å². The summed E-state index contributed by atoms with van der Waals surface area (Å²) in [4.78, 5) is 18.5. The molecular weight excluding hydrogens is 282 g/mol. The number of anilines is 1. The lowest BCUT2D eigenvalue weighted by molar-refractivity contribution is 0.185. The third-order valence-electron chi connectivity index (χ3n) is 3.24. The Morgan fingerprint density at radius 1 is 1.40 bits per heavy atom. The third kappa shape index (κ3) is 3.71. The molecule has 1 fully saturated rings. The predicted molar refractivity (Wildman–Crippen MR) is 72.6 cm³/mol. The van der Waals surface area contributed by atoms with Crippen LogP contribution in [-0.4, -0.2) is 33.3 Å². The number of carbonyl (C=O) groups is 1. The Morgan fingerprint density at radius 2 is 2.05 bits per heavy atom. The van der Waals surface area contributed by atoms with Crippen LogP contribution in [0.4, 0.5) is 10.6 Å². The van der Waals surface area contributed by atoms with E-state index in [0.29, 0.717) is 5.82 Å². The van der Waals surface area contributed by atoms with Crippen LogP contribution in [0.15, 0.2) is 6.20 Å². The number of carboxylic acid groups (broad SMARTS) is 1. The lowest BCUT2D eigenvalue weighted by Crippen LogP contribution is -2.39. The van der Waals surface area contributed by atoms with Crippen molar-refractivity contribution in [1.82, 2.24) is 15.3 Å². The van der Waals surface area contributed by atoms with Gasteiger partial charge in [-0.1, -0.05) is 11.6 Å². The monoisotopic (exact) mass is 295 g/mol. The van der Waals surface area contributed by atoms with Gasteiger partial charge in [0.25, 0.3) is 0 Å². The van der Waals surface area contributed by atoms with Gasteiger partial charge in [-0.2, -0.15) is 5.26 Å². The highest BCUT2D eigenvalue weighted by Gasteiger charge is 2.22. The number of halogens is 1. The van der Waals surface area contributed by atoms with Crippen molar-refractivity contribution < 1.29 is 9.90 Å². The van der Waals surface area contributed by atoms with Crippen molar-refractivity contribution in [1.29, 1.82) is 5.26 Å². The Bertz CT molecular complexity index is 537. The van der Waals surface area contributed by atoms with E-state index in [1.165, 1.54) is 6.20 Å². The molecule has 1 aliphatic rings. The van der Waals surface area contributed by atoms with Crippen LogP contribution < -0.4 is 10.6 Å². The number of aromatic nitrogens is 2. The molecule has 7 nitrogen and oxygen atoms in total. The van der Waals surface area contributed by atoms with Gasteiger partial charge in [0.05, 0.1) is 6.20 Å². The topological polar surface area (TPSA) is 111 Å². The van der Waals surface area contributed by atoms with Crippen molar-refractivity contribution in [2.75, 3.05) is 5.32 Å². The minimum absolute atomic E-state index is 0.0150. The SMILES string of the molecule is N#Cc1ncc(NC2CCC(NC(=O)O)CC2)nc1Cl.